The lowest BCUT2D eigenvalue weighted by Crippen LogP contribution is -2.25. The van der Waals surface area contributed by atoms with Gasteiger partial charge in [0.25, 0.3) is 5.91 Å². The van der Waals surface area contributed by atoms with Crippen LogP contribution in [0.25, 0.3) is 11.8 Å². The van der Waals surface area contributed by atoms with E-state index in [0.29, 0.717) is 21.3 Å². The number of amides is 1. The third-order valence-electron chi connectivity index (χ3n) is 6.10. The van der Waals surface area contributed by atoms with Gasteiger partial charge in [-0.3, -0.25) is 9.69 Å². The molecular weight excluding hydrogens is 528 g/mol. The maximum atomic E-state index is 13.6. The zero-order valence-electron chi connectivity index (χ0n) is 20.2. The smallest absolute Gasteiger partial charge is 0.416 e. The maximum Gasteiger partial charge on any atom is 0.416 e. The van der Waals surface area contributed by atoms with E-state index in [4.69, 9.17) is 27.9 Å². The number of esters is 1. The Hall–Kier alpha value is -3.49. The van der Waals surface area contributed by atoms with Crippen LogP contribution in [0.5, 0.6) is 0 Å². The standard InChI is InChI=1S/C27H21Cl2F3N2O3/c1-14-8-17(15(2)33(14)22-12-19(28)11-20(29)13-22)9-23-24(26(36)37-4)16(3)34(25(23)35)21-7-5-6-18(10-21)27(30,31)32/h5-13H,1-4H3/b23-9-. The number of nitrogens with zero attached hydrogens (tertiary/aromatic N) is 2. The summed E-state index contributed by atoms with van der Waals surface area (Å²) in [5.41, 5.74) is 2.09. The number of ether oxygens (including phenoxy) is 1. The second kappa shape index (κ2) is 9.76. The minimum Gasteiger partial charge on any atom is -0.465 e. The first-order valence-electron chi connectivity index (χ1n) is 11.0. The lowest BCUT2D eigenvalue weighted by Gasteiger charge is -2.19. The summed E-state index contributed by atoms with van der Waals surface area (Å²) in [6, 6.07) is 11.3. The van der Waals surface area contributed by atoms with Gasteiger partial charge in [0.05, 0.1) is 23.8 Å². The van der Waals surface area contributed by atoms with Crippen LogP contribution in [0.1, 0.15) is 29.4 Å². The Kier molecular flexibility index (Phi) is 7.01. The van der Waals surface area contributed by atoms with E-state index in [-0.39, 0.29) is 22.5 Å². The molecule has 0 saturated heterocycles. The topological polar surface area (TPSA) is 51.5 Å². The number of anilines is 1. The van der Waals surface area contributed by atoms with Gasteiger partial charge >= 0.3 is 12.1 Å². The summed E-state index contributed by atoms with van der Waals surface area (Å²) in [6.07, 6.45) is -3.06. The number of aromatic nitrogens is 1. The van der Waals surface area contributed by atoms with Crippen LogP contribution in [-0.4, -0.2) is 23.6 Å². The fourth-order valence-electron chi connectivity index (χ4n) is 4.47. The quantitative estimate of drug-likeness (QED) is 0.254. The van der Waals surface area contributed by atoms with Gasteiger partial charge in [0.1, 0.15) is 0 Å². The molecule has 3 aromatic rings. The number of halogens is 5. The second-order valence-corrected chi connectivity index (χ2v) is 9.36. The molecule has 2 aromatic carbocycles. The van der Waals surface area contributed by atoms with Gasteiger partial charge in [-0.25, -0.2) is 4.79 Å². The molecule has 1 amide bonds. The Morgan fingerprint density at radius 1 is 0.973 bits per heavy atom. The molecule has 37 heavy (non-hydrogen) atoms. The van der Waals surface area contributed by atoms with Crippen molar-refractivity contribution in [2.45, 2.75) is 26.9 Å². The van der Waals surface area contributed by atoms with Crippen LogP contribution in [0.2, 0.25) is 10.0 Å². The highest BCUT2D eigenvalue weighted by Crippen LogP contribution is 2.39. The Morgan fingerprint density at radius 3 is 2.22 bits per heavy atom. The molecule has 1 aliphatic heterocycles. The van der Waals surface area contributed by atoms with Crippen molar-refractivity contribution in [3.63, 3.8) is 0 Å². The van der Waals surface area contributed by atoms with Crippen molar-refractivity contribution < 1.29 is 27.5 Å². The molecule has 0 atom stereocenters. The Labute approximate surface area is 221 Å². The minimum atomic E-state index is -4.60. The third kappa shape index (κ3) is 4.91. The van der Waals surface area contributed by atoms with E-state index < -0.39 is 23.6 Å². The monoisotopic (exact) mass is 548 g/mol. The number of rotatable bonds is 4. The molecule has 0 spiro atoms. The first-order valence-corrected chi connectivity index (χ1v) is 11.8. The number of benzene rings is 2. The largest absolute Gasteiger partial charge is 0.465 e. The Balaban J connectivity index is 1.86. The average Bonchev–Trinajstić information content (AvgIpc) is 3.23. The normalized spacial score (nSPS) is 15.2. The average molecular weight is 549 g/mol. The van der Waals surface area contributed by atoms with Crippen molar-refractivity contribution in [1.29, 1.82) is 0 Å². The van der Waals surface area contributed by atoms with Gasteiger partial charge in [0, 0.05) is 38.5 Å². The molecule has 2 heterocycles. The Morgan fingerprint density at radius 2 is 1.62 bits per heavy atom. The number of aryl methyl sites for hydroxylation is 1. The van der Waals surface area contributed by atoms with E-state index in [9.17, 15) is 22.8 Å². The van der Waals surface area contributed by atoms with Crippen LogP contribution in [0.4, 0.5) is 18.9 Å². The summed E-state index contributed by atoms with van der Waals surface area (Å²) >= 11 is 12.4. The van der Waals surface area contributed by atoms with Crippen molar-refractivity contribution in [3.8, 4) is 5.69 Å². The summed E-state index contributed by atoms with van der Waals surface area (Å²) in [7, 11) is 1.17. The zero-order valence-corrected chi connectivity index (χ0v) is 21.7. The Bertz CT molecular complexity index is 1480. The minimum absolute atomic E-state index is 0.00568. The number of alkyl halides is 3. The summed E-state index contributed by atoms with van der Waals surface area (Å²) in [6.45, 7) is 5.17. The van der Waals surface area contributed by atoms with Crippen LogP contribution in [0.3, 0.4) is 0 Å². The van der Waals surface area contributed by atoms with Gasteiger partial charge in [-0.2, -0.15) is 13.2 Å². The van der Waals surface area contributed by atoms with Crippen LogP contribution in [-0.2, 0) is 20.5 Å². The van der Waals surface area contributed by atoms with Gasteiger partial charge in [-0.15, -0.1) is 0 Å². The fraction of sp³-hybridized carbons (Fsp3) is 0.185. The molecule has 0 fully saturated rings. The number of methoxy groups -OCH3 is 1. The molecule has 0 aliphatic carbocycles. The molecule has 5 nitrogen and oxygen atoms in total. The first kappa shape index (κ1) is 26.6. The summed E-state index contributed by atoms with van der Waals surface area (Å²) < 4.78 is 46.8. The third-order valence-corrected chi connectivity index (χ3v) is 6.53. The van der Waals surface area contributed by atoms with Crippen molar-refractivity contribution in [3.05, 3.63) is 97.9 Å². The lowest BCUT2D eigenvalue weighted by atomic mass is 10.0. The van der Waals surface area contributed by atoms with Crippen molar-refractivity contribution in [2.75, 3.05) is 12.0 Å². The number of hydrogen-bond acceptors (Lipinski definition) is 3. The van der Waals surface area contributed by atoms with Gasteiger partial charge in [-0.1, -0.05) is 29.3 Å². The number of allylic oxidation sites excluding steroid dienone is 1. The SMILES string of the molecule is COC(=O)C1=C(C)N(c2cccc(C(F)(F)F)c2)C(=O)/C1=C\c1cc(C)n(-c2cc(Cl)cc(Cl)c2)c1C. The van der Waals surface area contributed by atoms with E-state index in [0.717, 1.165) is 28.4 Å². The highest BCUT2D eigenvalue weighted by molar-refractivity contribution is 6.34. The van der Waals surface area contributed by atoms with Gasteiger partial charge < -0.3 is 9.30 Å². The molecule has 0 radical (unpaired) electrons. The van der Waals surface area contributed by atoms with E-state index >= 15 is 0 Å². The van der Waals surface area contributed by atoms with E-state index in [1.165, 1.54) is 32.2 Å². The molecule has 0 N–H and O–H groups in total. The summed E-state index contributed by atoms with van der Waals surface area (Å²) in [5.74, 6) is -1.42. The molecule has 0 saturated carbocycles. The van der Waals surface area contributed by atoms with E-state index in [1.807, 2.05) is 24.5 Å². The molecule has 4 rings (SSSR count). The fourth-order valence-corrected chi connectivity index (χ4v) is 4.98. The van der Waals surface area contributed by atoms with Crippen LogP contribution in [0.15, 0.2) is 65.4 Å². The van der Waals surface area contributed by atoms with Crippen LogP contribution < -0.4 is 4.90 Å². The molecule has 1 aliphatic rings. The number of carbonyl (C=O) groups excluding carboxylic acids is 2. The first-order chi connectivity index (χ1) is 17.3. The van der Waals surface area contributed by atoms with Crippen molar-refractivity contribution >= 4 is 46.8 Å². The van der Waals surface area contributed by atoms with E-state index in [2.05, 4.69) is 0 Å². The maximum absolute atomic E-state index is 13.6. The molecule has 0 bridgehead atoms. The van der Waals surface area contributed by atoms with Gasteiger partial charge in [-0.05, 0) is 74.9 Å². The highest BCUT2D eigenvalue weighted by atomic mass is 35.5. The van der Waals surface area contributed by atoms with Crippen molar-refractivity contribution in [2.24, 2.45) is 0 Å². The predicted molar refractivity (Wildman–Crippen MR) is 137 cm³/mol. The summed E-state index contributed by atoms with van der Waals surface area (Å²) in [5, 5.41) is 0.897. The predicted octanol–water partition coefficient (Wildman–Crippen LogP) is 7.30. The van der Waals surface area contributed by atoms with Gasteiger partial charge in [0.15, 0.2) is 0 Å². The second-order valence-electron chi connectivity index (χ2n) is 8.49. The van der Waals surface area contributed by atoms with E-state index in [1.54, 1.807) is 18.2 Å². The highest BCUT2D eigenvalue weighted by Gasteiger charge is 2.39. The summed E-state index contributed by atoms with van der Waals surface area (Å²) in [4.78, 5) is 27.4. The van der Waals surface area contributed by atoms with Crippen molar-refractivity contribution in [1.82, 2.24) is 4.57 Å². The van der Waals surface area contributed by atoms with Gasteiger partial charge in [0.2, 0.25) is 0 Å². The number of hydrogen-bond donors (Lipinski definition) is 0. The number of carbonyl (C=O) groups is 2. The molecule has 0 unspecified atom stereocenters. The molecule has 192 valence electrons. The van der Waals surface area contributed by atoms with Crippen LogP contribution in [0, 0.1) is 13.8 Å². The molecule has 1 aromatic heterocycles. The zero-order chi connectivity index (χ0) is 27.2. The van der Waals surface area contributed by atoms with Crippen LogP contribution >= 0.6 is 23.2 Å². The lowest BCUT2D eigenvalue weighted by molar-refractivity contribution is -0.137. The molecule has 10 heteroatoms. The molecular formula is C27H21Cl2F3N2O3.